The van der Waals surface area contributed by atoms with Crippen LogP contribution in [0.4, 0.5) is 0 Å². The van der Waals surface area contributed by atoms with Crippen LogP contribution in [0.25, 0.3) is 0 Å². The van der Waals surface area contributed by atoms with Crippen LogP contribution in [0, 0.1) is 0 Å². The molecule has 2 N–H and O–H groups in total. The average Bonchev–Trinajstić information content (AvgIpc) is 3.19. The smallest absolute Gasteiger partial charge is 0.191 e. The monoisotopic (exact) mass is 362 g/mol. The van der Waals surface area contributed by atoms with E-state index in [0.29, 0.717) is 12.6 Å². The quantitative estimate of drug-likeness (QED) is 0.549. The van der Waals surface area contributed by atoms with E-state index in [-0.39, 0.29) is 5.60 Å². The van der Waals surface area contributed by atoms with Gasteiger partial charge in [0.05, 0.1) is 18.8 Å². The van der Waals surface area contributed by atoms with E-state index in [2.05, 4.69) is 46.5 Å². The van der Waals surface area contributed by atoms with Crippen molar-refractivity contribution in [2.45, 2.75) is 38.3 Å². The Hall–Kier alpha value is -1.79. The van der Waals surface area contributed by atoms with Crippen molar-refractivity contribution in [3.8, 4) is 5.75 Å². The molecule has 146 valence electrons. The van der Waals surface area contributed by atoms with Crippen molar-refractivity contribution in [2.75, 3.05) is 47.4 Å². The third-order valence-corrected chi connectivity index (χ3v) is 5.00. The zero-order valence-electron chi connectivity index (χ0n) is 16.8. The minimum absolute atomic E-state index is 0.234. The largest absolute Gasteiger partial charge is 0.497 e. The molecule has 1 atom stereocenters. The molecule has 0 bridgehead atoms. The second kappa shape index (κ2) is 9.78. The number of likely N-dealkylation sites (tertiary alicyclic amines) is 1. The minimum atomic E-state index is -0.234. The van der Waals surface area contributed by atoms with Gasteiger partial charge in [0.2, 0.25) is 0 Å². The molecule has 1 aromatic carbocycles. The average molecular weight is 363 g/mol. The summed E-state index contributed by atoms with van der Waals surface area (Å²) in [7, 11) is 5.23. The lowest BCUT2D eigenvalue weighted by atomic mass is 10.1. The maximum Gasteiger partial charge on any atom is 0.191 e. The second-order valence-electron chi connectivity index (χ2n) is 7.30. The van der Waals surface area contributed by atoms with Gasteiger partial charge in [-0.15, -0.1) is 0 Å². The molecular formula is C20H34N4O2. The van der Waals surface area contributed by atoms with Crippen molar-refractivity contribution >= 4 is 5.96 Å². The normalized spacial score (nSPS) is 17.2. The van der Waals surface area contributed by atoms with Crippen molar-refractivity contribution in [3.05, 3.63) is 29.8 Å². The van der Waals surface area contributed by atoms with Crippen LogP contribution in [0.2, 0.25) is 0 Å². The minimum Gasteiger partial charge on any atom is -0.497 e. The van der Waals surface area contributed by atoms with Gasteiger partial charge in [0.15, 0.2) is 5.96 Å². The molecule has 0 spiro atoms. The van der Waals surface area contributed by atoms with E-state index in [9.17, 15) is 0 Å². The number of methoxy groups -OCH3 is 2. The summed E-state index contributed by atoms with van der Waals surface area (Å²) in [6, 6.07) is 8.71. The van der Waals surface area contributed by atoms with Gasteiger partial charge in [-0.3, -0.25) is 9.89 Å². The predicted molar refractivity (Wildman–Crippen MR) is 107 cm³/mol. The fourth-order valence-corrected chi connectivity index (χ4v) is 3.12. The van der Waals surface area contributed by atoms with Crippen molar-refractivity contribution in [2.24, 2.45) is 4.99 Å². The lowest BCUT2D eigenvalue weighted by Gasteiger charge is -2.30. The number of nitrogens with zero attached hydrogens (tertiary/aromatic N) is 2. The molecule has 1 aliphatic heterocycles. The van der Waals surface area contributed by atoms with Crippen LogP contribution < -0.4 is 15.4 Å². The van der Waals surface area contributed by atoms with Crippen molar-refractivity contribution < 1.29 is 9.47 Å². The van der Waals surface area contributed by atoms with Crippen LogP contribution in [0.5, 0.6) is 5.75 Å². The third kappa shape index (κ3) is 5.88. The Bertz CT molecular complexity index is 566. The van der Waals surface area contributed by atoms with Gasteiger partial charge in [-0.05, 0) is 57.5 Å². The zero-order valence-corrected chi connectivity index (χ0v) is 16.8. The molecule has 1 fully saturated rings. The van der Waals surface area contributed by atoms with Gasteiger partial charge in [0.1, 0.15) is 5.75 Å². The Morgan fingerprint density at radius 3 is 2.35 bits per heavy atom. The number of nitrogens with one attached hydrogen (secondary N) is 2. The molecule has 1 aliphatic rings. The molecule has 0 aliphatic carbocycles. The van der Waals surface area contributed by atoms with E-state index in [4.69, 9.17) is 9.47 Å². The molecule has 0 amide bonds. The van der Waals surface area contributed by atoms with Crippen LogP contribution in [-0.4, -0.2) is 63.9 Å². The first-order chi connectivity index (χ1) is 12.5. The van der Waals surface area contributed by atoms with Gasteiger partial charge in [0.25, 0.3) is 0 Å². The van der Waals surface area contributed by atoms with E-state index < -0.39 is 0 Å². The summed E-state index contributed by atoms with van der Waals surface area (Å²) >= 11 is 0. The summed E-state index contributed by atoms with van der Waals surface area (Å²) in [5.74, 6) is 1.69. The molecule has 0 radical (unpaired) electrons. The molecule has 1 saturated heterocycles. The number of ether oxygens (including phenoxy) is 2. The van der Waals surface area contributed by atoms with E-state index >= 15 is 0 Å². The number of rotatable bonds is 8. The van der Waals surface area contributed by atoms with E-state index in [1.165, 1.54) is 18.4 Å². The van der Waals surface area contributed by atoms with E-state index in [1.54, 1.807) is 21.3 Å². The van der Waals surface area contributed by atoms with Gasteiger partial charge in [0, 0.05) is 27.2 Å². The Balaban J connectivity index is 2.01. The number of hydrogen-bond donors (Lipinski definition) is 2. The highest BCUT2D eigenvalue weighted by Crippen LogP contribution is 2.26. The molecule has 1 heterocycles. The Labute approximate surface area is 158 Å². The highest BCUT2D eigenvalue weighted by Gasteiger charge is 2.24. The summed E-state index contributed by atoms with van der Waals surface area (Å²) in [6.07, 6.45) is 2.53. The lowest BCUT2D eigenvalue weighted by Crippen LogP contribution is -2.47. The van der Waals surface area contributed by atoms with Crippen LogP contribution in [0.1, 0.15) is 38.3 Å². The Morgan fingerprint density at radius 1 is 1.15 bits per heavy atom. The number of guanidine groups is 1. The van der Waals surface area contributed by atoms with Crippen LogP contribution in [-0.2, 0) is 4.74 Å². The molecule has 1 unspecified atom stereocenters. The van der Waals surface area contributed by atoms with Gasteiger partial charge in [-0.1, -0.05) is 12.1 Å². The molecule has 0 saturated carbocycles. The summed E-state index contributed by atoms with van der Waals surface area (Å²) in [6.45, 7) is 7.89. The fourth-order valence-electron chi connectivity index (χ4n) is 3.12. The summed E-state index contributed by atoms with van der Waals surface area (Å²) in [5.41, 5.74) is 1.06. The SMILES string of the molecule is CN=C(NCC(c1ccc(OC)cc1)N1CCCC1)NCC(C)(C)OC. The molecule has 0 aromatic heterocycles. The standard InChI is InChI=1S/C20H34N4O2/c1-20(2,26-5)15-23-19(21-3)22-14-18(24-12-6-7-13-24)16-8-10-17(25-4)11-9-16/h8-11,18H,6-7,12-15H2,1-5H3,(H2,21,22,23). The highest BCUT2D eigenvalue weighted by atomic mass is 16.5. The first kappa shape index (κ1) is 20.5. The topological polar surface area (TPSA) is 58.1 Å². The first-order valence-electron chi connectivity index (χ1n) is 9.37. The van der Waals surface area contributed by atoms with Gasteiger partial charge < -0.3 is 20.1 Å². The predicted octanol–water partition coefficient (Wildman–Crippen LogP) is 2.42. The van der Waals surface area contributed by atoms with Gasteiger partial charge >= 0.3 is 0 Å². The van der Waals surface area contributed by atoms with Crippen molar-refractivity contribution in [1.82, 2.24) is 15.5 Å². The maximum atomic E-state index is 5.47. The Kier molecular flexibility index (Phi) is 7.72. The lowest BCUT2D eigenvalue weighted by molar-refractivity contribution is 0.0268. The van der Waals surface area contributed by atoms with Gasteiger partial charge in [-0.2, -0.15) is 0 Å². The number of aliphatic imine (C=N–C) groups is 1. The molecule has 26 heavy (non-hydrogen) atoms. The Morgan fingerprint density at radius 2 is 1.81 bits per heavy atom. The highest BCUT2D eigenvalue weighted by molar-refractivity contribution is 5.79. The zero-order chi connectivity index (χ0) is 19.0. The van der Waals surface area contributed by atoms with E-state index in [0.717, 1.165) is 31.3 Å². The third-order valence-electron chi connectivity index (χ3n) is 5.00. The fraction of sp³-hybridized carbons (Fsp3) is 0.650. The second-order valence-corrected chi connectivity index (χ2v) is 7.30. The van der Waals surface area contributed by atoms with E-state index in [1.807, 2.05) is 12.1 Å². The number of hydrogen-bond acceptors (Lipinski definition) is 4. The summed E-state index contributed by atoms with van der Waals surface area (Å²) in [5, 5.41) is 6.83. The molecule has 2 rings (SSSR count). The molecule has 6 nitrogen and oxygen atoms in total. The van der Waals surface area contributed by atoms with Gasteiger partial charge in [-0.25, -0.2) is 0 Å². The van der Waals surface area contributed by atoms with Crippen LogP contribution in [0.15, 0.2) is 29.3 Å². The summed E-state index contributed by atoms with van der Waals surface area (Å²) in [4.78, 5) is 6.89. The molecule has 6 heteroatoms. The van der Waals surface area contributed by atoms with Crippen LogP contribution >= 0.6 is 0 Å². The first-order valence-corrected chi connectivity index (χ1v) is 9.37. The molecular weight excluding hydrogens is 328 g/mol. The van der Waals surface area contributed by atoms with Crippen molar-refractivity contribution in [3.63, 3.8) is 0 Å². The maximum absolute atomic E-state index is 5.47. The summed E-state index contributed by atoms with van der Waals surface area (Å²) < 4.78 is 10.8. The van der Waals surface area contributed by atoms with Crippen LogP contribution in [0.3, 0.4) is 0 Å². The van der Waals surface area contributed by atoms with Crippen molar-refractivity contribution in [1.29, 1.82) is 0 Å². The number of benzene rings is 1. The molecule has 1 aromatic rings.